The Kier molecular flexibility index (Phi) is 16.2. The van der Waals surface area contributed by atoms with Gasteiger partial charge in [-0.3, -0.25) is 4.79 Å². The molecule has 61 heavy (non-hydrogen) atoms. The smallest absolute Gasteiger partial charge is 0.495 e. The molecular formula is C45H55Cl2F2N3O9. The molecule has 1 aliphatic heterocycles. The lowest BCUT2D eigenvalue weighted by Crippen LogP contribution is -2.45. The molecule has 12 nitrogen and oxygen atoms in total. The highest BCUT2D eigenvalue weighted by atomic mass is 35.5. The van der Waals surface area contributed by atoms with Crippen LogP contribution >= 0.6 is 23.2 Å². The largest absolute Gasteiger partial charge is 0.511 e. The maximum atomic E-state index is 16.1. The lowest BCUT2D eigenvalue weighted by atomic mass is 9.62. The summed E-state index contributed by atoms with van der Waals surface area (Å²) in [5, 5.41) is 17.0. The van der Waals surface area contributed by atoms with Crippen molar-refractivity contribution in [2.45, 2.75) is 116 Å². The normalized spacial score (nSPS) is 19.7. The summed E-state index contributed by atoms with van der Waals surface area (Å²) in [6.45, 7) is 15.2. The predicted octanol–water partition coefficient (Wildman–Crippen LogP) is 9.90. The Labute approximate surface area is 366 Å². The molecule has 1 amide bonds. The van der Waals surface area contributed by atoms with E-state index in [2.05, 4.69) is 16.7 Å². The molecule has 0 aromatic heterocycles. The Morgan fingerprint density at radius 1 is 0.934 bits per heavy atom. The number of nitriles is 1. The van der Waals surface area contributed by atoms with Crippen molar-refractivity contribution in [2.75, 3.05) is 32.8 Å². The number of benzene rings is 3. The fourth-order valence-corrected chi connectivity index (χ4v) is 7.57. The summed E-state index contributed by atoms with van der Waals surface area (Å²) < 4.78 is 64.6. The standard InChI is InChI=1S/C45H55Cl2F2N3O9/c1-26(61-41(55)58-20-18-44(7,8)59-21-19-43(5,6)57-10)60-40(54)27-14-17-33(34(22-27)56-9)51-39(53)38-36(29-12-11-13-31(47)37(29)49)45(25-50,35(52-38)24-42(2,3)4)30-16-15-28(46)23-32(30)48/h11-17,22-23,26,35-36,38,52H,18-21,24H2,1-10H3,(H,51,53)/t26?,35?,36?,38-,45+/m1/s1. The van der Waals surface area contributed by atoms with Gasteiger partial charge in [-0.1, -0.05) is 62.2 Å². The summed E-state index contributed by atoms with van der Waals surface area (Å²) >= 11 is 12.4. The summed E-state index contributed by atoms with van der Waals surface area (Å²) in [5.41, 5.74) is -3.27. The molecule has 0 bridgehead atoms. The number of carbonyl (C=O) groups excluding carboxylic acids is 3. The minimum Gasteiger partial charge on any atom is -0.495 e. The fourth-order valence-electron chi connectivity index (χ4n) is 7.23. The number of halogens is 4. The number of hydrogen-bond acceptors (Lipinski definition) is 11. The lowest BCUT2D eigenvalue weighted by molar-refractivity contribution is -0.118. The number of hydrogen-bond donors (Lipinski definition) is 2. The highest BCUT2D eigenvalue weighted by molar-refractivity contribution is 6.31. The van der Waals surface area contributed by atoms with Crippen LogP contribution in [0.25, 0.3) is 0 Å². The third-order valence-corrected chi connectivity index (χ3v) is 11.2. The Balaban J connectivity index is 1.52. The number of nitrogens with zero attached hydrogens (tertiary/aromatic N) is 1. The van der Waals surface area contributed by atoms with Crippen molar-refractivity contribution in [3.05, 3.63) is 93.0 Å². The van der Waals surface area contributed by atoms with Crippen molar-refractivity contribution in [1.29, 1.82) is 5.26 Å². The summed E-state index contributed by atoms with van der Waals surface area (Å²) in [7, 11) is 2.95. The minimum atomic E-state index is -1.84. The number of rotatable bonds is 17. The molecule has 3 aromatic rings. The third kappa shape index (κ3) is 12.3. The third-order valence-electron chi connectivity index (χ3n) is 10.6. The van der Waals surface area contributed by atoms with Crippen LogP contribution in [0.15, 0.2) is 54.6 Å². The number of carbonyl (C=O) groups is 3. The molecule has 3 aromatic carbocycles. The van der Waals surface area contributed by atoms with Crippen molar-refractivity contribution >= 4 is 46.9 Å². The van der Waals surface area contributed by atoms with Gasteiger partial charge in [0.2, 0.25) is 12.2 Å². The second-order valence-electron chi connectivity index (χ2n) is 17.4. The van der Waals surface area contributed by atoms with Crippen LogP contribution in [0.1, 0.15) is 102 Å². The number of esters is 1. The Morgan fingerprint density at radius 3 is 2.25 bits per heavy atom. The van der Waals surface area contributed by atoms with Crippen molar-refractivity contribution in [1.82, 2.24) is 5.32 Å². The first kappa shape index (κ1) is 49.1. The molecule has 2 N–H and O–H groups in total. The first-order valence-electron chi connectivity index (χ1n) is 19.8. The number of anilines is 1. The highest BCUT2D eigenvalue weighted by Crippen LogP contribution is 2.53. The van der Waals surface area contributed by atoms with Crippen LogP contribution in [0.2, 0.25) is 10.0 Å². The Hall–Kier alpha value is -4.52. The maximum Gasteiger partial charge on any atom is 0.511 e. The van der Waals surface area contributed by atoms with Crippen LogP contribution in [-0.4, -0.2) is 75.0 Å². The summed E-state index contributed by atoms with van der Waals surface area (Å²) in [6.07, 6.45) is -1.07. The van der Waals surface area contributed by atoms with E-state index in [9.17, 15) is 19.6 Å². The second-order valence-corrected chi connectivity index (χ2v) is 18.2. The molecule has 0 spiro atoms. The average molecular weight is 891 g/mol. The van der Waals surface area contributed by atoms with Crippen molar-refractivity contribution in [2.24, 2.45) is 5.41 Å². The maximum absolute atomic E-state index is 16.1. The molecule has 3 unspecified atom stereocenters. The van der Waals surface area contributed by atoms with Crippen molar-refractivity contribution in [3.8, 4) is 11.8 Å². The zero-order chi connectivity index (χ0) is 45.5. The molecule has 1 fully saturated rings. The molecule has 4 rings (SSSR count). The first-order valence-corrected chi connectivity index (χ1v) is 20.5. The molecule has 1 heterocycles. The van der Waals surface area contributed by atoms with E-state index < -0.39 is 70.4 Å². The van der Waals surface area contributed by atoms with E-state index in [0.717, 1.165) is 6.07 Å². The van der Waals surface area contributed by atoms with Gasteiger partial charge in [0.1, 0.15) is 22.8 Å². The quantitative estimate of drug-likeness (QED) is 0.0983. The predicted molar refractivity (Wildman–Crippen MR) is 227 cm³/mol. The molecule has 0 aliphatic carbocycles. The van der Waals surface area contributed by atoms with E-state index in [4.69, 9.17) is 51.6 Å². The van der Waals surface area contributed by atoms with E-state index in [1.165, 1.54) is 62.6 Å². The molecule has 5 atom stereocenters. The van der Waals surface area contributed by atoms with E-state index in [1.54, 1.807) is 7.11 Å². The van der Waals surface area contributed by atoms with E-state index in [1.807, 2.05) is 48.5 Å². The molecular weight excluding hydrogens is 835 g/mol. The van der Waals surface area contributed by atoms with Gasteiger partial charge in [0, 0.05) is 43.0 Å². The van der Waals surface area contributed by atoms with Crippen LogP contribution in [-0.2, 0) is 33.9 Å². The van der Waals surface area contributed by atoms with Gasteiger partial charge in [0.05, 0.1) is 59.9 Å². The number of amides is 1. The fraction of sp³-hybridized carbons (Fsp3) is 0.511. The van der Waals surface area contributed by atoms with Gasteiger partial charge in [-0.15, -0.1) is 0 Å². The molecule has 0 radical (unpaired) electrons. The molecule has 16 heteroatoms. The molecule has 332 valence electrons. The minimum absolute atomic E-state index is 0.0114. The first-order chi connectivity index (χ1) is 28.5. The van der Waals surface area contributed by atoms with Crippen LogP contribution in [0, 0.1) is 28.4 Å². The summed E-state index contributed by atoms with van der Waals surface area (Å²) in [5.74, 6) is -4.53. The Morgan fingerprint density at radius 2 is 1.62 bits per heavy atom. The zero-order valence-corrected chi connectivity index (χ0v) is 37.7. The van der Waals surface area contributed by atoms with E-state index in [0.29, 0.717) is 19.4 Å². The van der Waals surface area contributed by atoms with Gasteiger partial charge in [0.25, 0.3) is 0 Å². The Bertz CT molecular complexity index is 2110. The van der Waals surface area contributed by atoms with Crippen LogP contribution in [0.5, 0.6) is 5.75 Å². The molecule has 0 saturated carbocycles. The monoisotopic (exact) mass is 889 g/mol. The summed E-state index contributed by atoms with van der Waals surface area (Å²) in [6, 6.07) is 12.3. The lowest BCUT2D eigenvalue weighted by Gasteiger charge is -2.37. The SMILES string of the molecule is COc1cc(C(=O)OC(C)OC(=O)OCCC(C)(C)OCCC(C)(C)OC)ccc1NC(=O)[C@@H]1NC(CC(C)(C)C)[C@](C#N)(c2ccc(Cl)cc2F)C1c1cccc(Cl)c1F. The van der Waals surface area contributed by atoms with Crippen molar-refractivity contribution < 1.29 is 51.6 Å². The van der Waals surface area contributed by atoms with Gasteiger partial charge in [-0.05, 0) is 87.9 Å². The van der Waals surface area contributed by atoms with Crippen LogP contribution < -0.4 is 15.4 Å². The van der Waals surface area contributed by atoms with Gasteiger partial charge < -0.3 is 39.1 Å². The highest BCUT2D eigenvalue weighted by Gasteiger charge is 2.61. The van der Waals surface area contributed by atoms with Crippen LogP contribution in [0.3, 0.4) is 0 Å². The topological polar surface area (TPSA) is 154 Å². The molecule has 1 aliphatic rings. The number of methoxy groups -OCH3 is 2. The van der Waals surface area contributed by atoms with Gasteiger partial charge in [-0.2, -0.15) is 5.26 Å². The zero-order valence-electron chi connectivity index (χ0n) is 36.2. The van der Waals surface area contributed by atoms with E-state index in [-0.39, 0.29) is 56.8 Å². The number of ether oxygens (including phenoxy) is 6. The molecule has 1 saturated heterocycles. The average Bonchev–Trinajstić information content (AvgIpc) is 3.48. The summed E-state index contributed by atoms with van der Waals surface area (Å²) in [4.78, 5) is 40.0. The number of nitrogens with one attached hydrogen (secondary N) is 2. The van der Waals surface area contributed by atoms with E-state index >= 15 is 8.78 Å². The second kappa shape index (κ2) is 20.1. The van der Waals surface area contributed by atoms with Gasteiger partial charge in [0.15, 0.2) is 0 Å². The van der Waals surface area contributed by atoms with Gasteiger partial charge in [-0.25, -0.2) is 18.4 Å². The van der Waals surface area contributed by atoms with Gasteiger partial charge >= 0.3 is 12.1 Å². The van der Waals surface area contributed by atoms with Crippen molar-refractivity contribution in [3.63, 3.8) is 0 Å². The van der Waals surface area contributed by atoms with Crippen LogP contribution in [0.4, 0.5) is 19.3 Å².